The average Bonchev–Trinajstić information content (AvgIpc) is 2.30. The van der Waals surface area contributed by atoms with E-state index in [-0.39, 0.29) is 0 Å². The Hall–Kier alpha value is -0.0400. The molecule has 4 rings (SSSR count). The molecule has 2 aliphatic heterocycles. The average molecular weight is 81.1 g/mol. The largest absolute Gasteiger partial charge is 0.313 e. The second-order valence-corrected chi connectivity index (χ2v) is 2.75. The zero-order chi connectivity index (χ0) is 3.72. The molecule has 2 atom stereocenters. The molecule has 2 saturated carbocycles. The Morgan fingerprint density at radius 2 is 2.17 bits per heavy atom. The maximum atomic E-state index is 3.43. The summed E-state index contributed by atoms with van der Waals surface area (Å²) >= 11 is 0. The first kappa shape index (κ1) is 2.31. The lowest BCUT2D eigenvalue weighted by Crippen LogP contribution is -2.07. The van der Waals surface area contributed by atoms with E-state index in [4.69, 9.17) is 0 Å². The van der Waals surface area contributed by atoms with Crippen LogP contribution in [0.5, 0.6) is 0 Å². The predicted octanol–water partition coefficient (Wildman–Crippen LogP) is -0.166. The summed E-state index contributed by atoms with van der Waals surface area (Å²) in [4.78, 5) is 0. The van der Waals surface area contributed by atoms with Gasteiger partial charge in [-0.15, -0.1) is 0 Å². The van der Waals surface area contributed by atoms with Crippen molar-refractivity contribution in [3.8, 4) is 0 Å². The van der Waals surface area contributed by atoms with Gasteiger partial charge in [0.25, 0.3) is 0 Å². The molecular weight excluding hydrogens is 74.1 g/mol. The van der Waals surface area contributed by atoms with E-state index >= 15 is 0 Å². The highest BCUT2D eigenvalue weighted by Crippen LogP contribution is 2.71. The second kappa shape index (κ2) is 0.399. The van der Waals surface area contributed by atoms with Crippen LogP contribution in [0.4, 0.5) is 0 Å². The normalized spacial score (nSPS) is 80.0. The van der Waals surface area contributed by atoms with Crippen molar-refractivity contribution < 1.29 is 0 Å². The van der Waals surface area contributed by atoms with Gasteiger partial charge in [-0.1, -0.05) is 0 Å². The number of hydrogen-bond acceptors (Lipinski definition) is 1. The molecule has 2 heterocycles. The maximum absolute atomic E-state index is 3.43. The first-order chi connectivity index (χ1) is 2.98. The predicted molar refractivity (Wildman–Crippen MR) is 22.3 cm³/mol. The first-order valence-corrected chi connectivity index (χ1v) is 2.72. The van der Waals surface area contributed by atoms with Gasteiger partial charge in [0, 0.05) is 6.04 Å². The topological polar surface area (TPSA) is 12.0 Å². The summed E-state index contributed by atoms with van der Waals surface area (Å²) in [5.74, 6) is 3.53. The zero-order valence-electron chi connectivity index (χ0n) is 3.52. The minimum Gasteiger partial charge on any atom is -0.313 e. The van der Waals surface area contributed by atoms with Crippen molar-refractivity contribution in [3.05, 3.63) is 0 Å². The Labute approximate surface area is 36.7 Å². The van der Waals surface area contributed by atoms with E-state index in [1.807, 2.05) is 0 Å². The van der Waals surface area contributed by atoms with Crippen molar-refractivity contribution in [2.75, 3.05) is 6.54 Å². The Kier molecular flexibility index (Phi) is 0.154. The van der Waals surface area contributed by atoms with Gasteiger partial charge in [-0.2, -0.15) is 0 Å². The van der Waals surface area contributed by atoms with Crippen LogP contribution >= 0.6 is 0 Å². The summed E-state index contributed by atoms with van der Waals surface area (Å²) in [6.45, 7) is 1.35. The minimum absolute atomic E-state index is 1.02. The fourth-order valence-corrected chi connectivity index (χ4v) is 1.99. The first-order valence-electron chi connectivity index (χ1n) is 2.72. The third-order valence-corrected chi connectivity index (χ3v) is 2.57. The zero-order valence-corrected chi connectivity index (χ0v) is 3.52. The van der Waals surface area contributed by atoms with Crippen LogP contribution in [-0.2, 0) is 0 Å². The number of rotatable bonds is 0. The van der Waals surface area contributed by atoms with Crippen LogP contribution in [0.25, 0.3) is 0 Å². The molecule has 1 N–H and O–H groups in total. The minimum atomic E-state index is 1.02. The van der Waals surface area contributed by atoms with E-state index in [0.29, 0.717) is 0 Å². The Bertz CT molecular complexity index is 76.5. The van der Waals surface area contributed by atoms with Crippen molar-refractivity contribution in [1.82, 2.24) is 5.32 Å². The van der Waals surface area contributed by atoms with Crippen molar-refractivity contribution in [2.45, 2.75) is 6.04 Å². The highest BCUT2D eigenvalue weighted by molar-refractivity contribution is 5.29. The van der Waals surface area contributed by atoms with Gasteiger partial charge in [0.2, 0.25) is 0 Å². The van der Waals surface area contributed by atoms with Crippen molar-refractivity contribution in [2.24, 2.45) is 17.8 Å². The van der Waals surface area contributed by atoms with Gasteiger partial charge in [0.1, 0.15) is 0 Å². The molecule has 2 bridgehead atoms. The van der Waals surface area contributed by atoms with Crippen LogP contribution in [0.15, 0.2) is 0 Å². The van der Waals surface area contributed by atoms with Crippen LogP contribution in [0.3, 0.4) is 0 Å². The molecule has 0 aromatic rings. The molecular formula is C5H7N. The molecule has 2 unspecified atom stereocenters. The Balaban J connectivity index is 2.21. The molecule has 0 amide bonds. The van der Waals surface area contributed by atoms with Gasteiger partial charge in [0.05, 0.1) is 0 Å². The highest BCUT2D eigenvalue weighted by atomic mass is 15.2. The molecule has 1 heteroatoms. The van der Waals surface area contributed by atoms with Gasteiger partial charge in [0.15, 0.2) is 0 Å². The fraction of sp³-hybridized carbons (Fsp3) is 1.00. The molecule has 2 aliphatic carbocycles. The van der Waals surface area contributed by atoms with E-state index in [2.05, 4.69) is 5.32 Å². The SMILES string of the molecule is C1NC2C3C1C23. The summed E-state index contributed by atoms with van der Waals surface area (Å²) in [6.07, 6.45) is 0. The molecule has 0 aromatic heterocycles. The summed E-state index contributed by atoms with van der Waals surface area (Å²) in [5, 5.41) is 3.43. The molecule has 32 valence electrons. The van der Waals surface area contributed by atoms with E-state index in [9.17, 15) is 0 Å². The van der Waals surface area contributed by atoms with Crippen LogP contribution in [0.1, 0.15) is 0 Å². The quantitative estimate of drug-likeness (QED) is 0.427. The van der Waals surface area contributed by atoms with Crippen LogP contribution in [-0.4, -0.2) is 12.6 Å². The van der Waals surface area contributed by atoms with Gasteiger partial charge >= 0.3 is 0 Å². The third kappa shape index (κ3) is 0.0790. The Morgan fingerprint density at radius 1 is 1.33 bits per heavy atom. The lowest BCUT2D eigenvalue weighted by atomic mass is 10.2. The number of fused-ring (bicyclic) bond motifs is 1. The molecule has 2 saturated heterocycles. The van der Waals surface area contributed by atoms with Gasteiger partial charge in [-0.05, 0) is 24.3 Å². The van der Waals surface area contributed by atoms with Gasteiger partial charge in [-0.25, -0.2) is 0 Å². The summed E-state index contributed by atoms with van der Waals surface area (Å²) in [5.41, 5.74) is 0. The third-order valence-electron chi connectivity index (χ3n) is 2.57. The monoisotopic (exact) mass is 81.1 g/mol. The van der Waals surface area contributed by atoms with Crippen LogP contribution in [0, 0.1) is 17.8 Å². The van der Waals surface area contributed by atoms with E-state index in [1.165, 1.54) is 18.4 Å². The standard InChI is InChI=1S/C5H7N/c1-2-3-4(2)5(3)6-1/h2-6H,1H2. The maximum Gasteiger partial charge on any atom is 0.0137 e. The number of hydrogen-bond donors (Lipinski definition) is 1. The molecule has 0 aromatic carbocycles. The lowest BCUT2D eigenvalue weighted by molar-refractivity contribution is 0.725. The molecule has 0 spiro atoms. The number of piperidine rings is 1. The van der Waals surface area contributed by atoms with Crippen molar-refractivity contribution in [3.63, 3.8) is 0 Å². The molecule has 6 heavy (non-hydrogen) atoms. The van der Waals surface area contributed by atoms with Crippen molar-refractivity contribution in [1.29, 1.82) is 0 Å². The van der Waals surface area contributed by atoms with Crippen molar-refractivity contribution >= 4 is 0 Å². The number of nitrogens with one attached hydrogen (secondary N) is 1. The smallest absolute Gasteiger partial charge is 0.0137 e. The molecule has 4 fully saturated rings. The summed E-state index contributed by atoms with van der Waals surface area (Å²) < 4.78 is 0. The lowest BCUT2D eigenvalue weighted by Gasteiger charge is -1.82. The van der Waals surface area contributed by atoms with E-state index in [0.717, 1.165) is 12.0 Å². The second-order valence-electron chi connectivity index (χ2n) is 2.75. The molecule has 0 radical (unpaired) electrons. The summed E-state index contributed by atoms with van der Waals surface area (Å²) in [7, 11) is 0. The van der Waals surface area contributed by atoms with Gasteiger partial charge < -0.3 is 5.32 Å². The van der Waals surface area contributed by atoms with E-state index < -0.39 is 0 Å². The van der Waals surface area contributed by atoms with Gasteiger partial charge in [-0.3, -0.25) is 0 Å². The molecule has 4 aliphatic rings. The highest BCUT2D eigenvalue weighted by Gasteiger charge is 2.77. The fourth-order valence-electron chi connectivity index (χ4n) is 1.99. The van der Waals surface area contributed by atoms with Crippen LogP contribution < -0.4 is 5.32 Å². The Morgan fingerprint density at radius 3 is 2.33 bits per heavy atom. The summed E-state index contributed by atoms with van der Waals surface area (Å²) in [6, 6.07) is 1.02. The molecule has 1 nitrogen and oxygen atoms in total. The van der Waals surface area contributed by atoms with Crippen LogP contribution in [0.2, 0.25) is 0 Å². The van der Waals surface area contributed by atoms with E-state index in [1.54, 1.807) is 0 Å².